The van der Waals surface area contributed by atoms with Gasteiger partial charge in [0, 0.05) is 42.8 Å². The maximum atomic E-state index is 12.4. The quantitative estimate of drug-likeness (QED) is 0.483. The van der Waals surface area contributed by atoms with Gasteiger partial charge in [-0.15, -0.1) is 12.4 Å². The summed E-state index contributed by atoms with van der Waals surface area (Å²) < 4.78 is 0. The molecule has 5 N–H and O–H groups in total. The predicted octanol–water partition coefficient (Wildman–Crippen LogP) is 3.17. The molecule has 1 aromatic heterocycles. The third kappa shape index (κ3) is 4.37. The van der Waals surface area contributed by atoms with Crippen LogP contribution in [0, 0.1) is 6.92 Å². The topological polar surface area (TPSA) is 94.4 Å². The molecule has 0 amide bonds. The minimum atomic E-state index is -0.820. The second-order valence-electron chi connectivity index (χ2n) is 7.77. The normalized spacial score (nSPS) is 18.1. The molecule has 2 heterocycles. The minimum absolute atomic E-state index is 0. The van der Waals surface area contributed by atoms with Crippen LogP contribution < -0.4 is 11.1 Å². The maximum absolute atomic E-state index is 12.4. The molecule has 0 saturated carbocycles. The minimum Gasteiger partial charge on any atom is -0.480 e. The molecular formula is C23H29ClN4O2. The van der Waals surface area contributed by atoms with Gasteiger partial charge in [-0.05, 0) is 48.7 Å². The highest BCUT2D eigenvalue weighted by atomic mass is 35.5. The highest BCUT2D eigenvalue weighted by Crippen LogP contribution is 2.34. The van der Waals surface area contributed by atoms with Crippen molar-refractivity contribution >= 4 is 29.3 Å². The lowest BCUT2D eigenvalue weighted by Gasteiger charge is -2.40. The van der Waals surface area contributed by atoms with Crippen molar-refractivity contribution in [2.45, 2.75) is 25.4 Å². The molecule has 2 aromatic carbocycles. The smallest absolute Gasteiger partial charge is 0.325 e. The number of nitrogens with one attached hydrogen (secondary N) is 2. The Morgan fingerprint density at radius 1 is 1.27 bits per heavy atom. The summed E-state index contributed by atoms with van der Waals surface area (Å²) in [4.78, 5) is 17.8. The second kappa shape index (κ2) is 9.62. The summed E-state index contributed by atoms with van der Waals surface area (Å²) in [6, 6.07) is 13.6. The standard InChI is InChI=1S/C23H28N4O2.ClH/c1-15-2-4-16(5-3-15)21-14-25-10-11-27(21)22(23(28)29)17-6-7-20-19(12-17)18(8-9-24)13-26-20;/h2-7,12-13,21-22,25-26H,8-11,14,24H2,1H3,(H,28,29);1H. The lowest BCUT2D eigenvalue weighted by molar-refractivity contribution is -0.145. The van der Waals surface area contributed by atoms with Crippen LogP contribution in [0.4, 0.5) is 0 Å². The fourth-order valence-electron chi connectivity index (χ4n) is 4.33. The molecule has 0 radical (unpaired) electrons. The van der Waals surface area contributed by atoms with Gasteiger partial charge in [0.25, 0.3) is 0 Å². The van der Waals surface area contributed by atoms with E-state index in [0.717, 1.165) is 47.1 Å². The highest BCUT2D eigenvalue weighted by Gasteiger charge is 2.35. The number of hydrogen-bond donors (Lipinski definition) is 4. The number of aromatic nitrogens is 1. The number of aryl methyl sites for hydroxylation is 1. The molecule has 2 atom stereocenters. The van der Waals surface area contributed by atoms with Crippen LogP contribution in [0.2, 0.25) is 0 Å². The monoisotopic (exact) mass is 428 g/mol. The number of benzene rings is 2. The van der Waals surface area contributed by atoms with Crippen molar-refractivity contribution in [1.82, 2.24) is 15.2 Å². The summed E-state index contributed by atoms with van der Waals surface area (Å²) >= 11 is 0. The van der Waals surface area contributed by atoms with Gasteiger partial charge >= 0.3 is 5.97 Å². The molecule has 1 aliphatic heterocycles. The van der Waals surface area contributed by atoms with Gasteiger partial charge in [-0.3, -0.25) is 9.69 Å². The van der Waals surface area contributed by atoms with Gasteiger partial charge in [-0.2, -0.15) is 0 Å². The molecule has 2 unspecified atom stereocenters. The van der Waals surface area contributed by atoms with Gasteiger partial charge in [0.05, 0.1) is 0 Å². The number of carboxylic acids is 1. The fourth-order valence-corrected chi connectivity index (χ4v) is 4.33. The van der Waals surface area contributed by atoms with Crippen molar-refractivity contribution in [3.8, 4) is 0 Å². The molecule has 3 aromatic rings. The Labute approximate surface area is 182 Å². The Bertz CT molecular complexity index is 1000. The van der Waals surface area contributed by atoms with Crippen molar-refractivity contribution in [1.29, 1.82) is 0 Å². The van der Waals surface area contributed by atoms with Crippen molar-refractivity contribution in [2.24, 2.45) is 5.73 Å². The highest BCUT2D eigenvalue weighted by molar-refractivity contribution is 5.86. The van der Waals surface area contributed by atoms with E-state index < -0.39 is 12.0 Å². The van der Waals surface area contributed by atoms with E-state index in [9.17, 15) is 9.90 Å². The van der Waals surface area contributed by atoms with Crippen LogP contribution in [0.5, 0.6) is 0 Å². The van der Waals surface area contributed by atoms with E-state index in [2.05, 4.69) is 46.4 Å². The lowest BCUT2D eigenvalue weighted by Crippen LogP contribution is -2.49. The van der Waals surface area contributed by atoms with Gasteiger partial charge in [0.2, 0.25) is 0 Å². The van der Waals surface area contributed by atoms with Crippen LogP contribution in [0.15, 0.2) is 48.7 Å². The molecule has 1 aliphatic rings. The number of aliphatic carboxylic acids is 1. The second-order valence-corrected chi connectivity index (χ2v) is 7.77. The molecule has 7 heteroatoms. The van der Waals surface area contributed by atoms with Gasteiger partial charge in [-0.25, -0.2) is 0 Å². The summed E-state index contributed by atoms with van der Waals surface area (Å²) in [6.45, 7) is 4.81. The van der Waals surface area contributed by atoms with Crippen LogP contribution in [0.3, 0.4) is 0 Å². The average Bonchev–Trinajstić information content (AvgIpc) is 3.12. The molecule has 4 rings (SSSR count). The Balaban J connectivity index is 0.00000256. The first-order valence-corrected chi connectivity index (χ1v) is 10.1. The van der Waals surface area contributed by atoms with Crippen LogP contribution in [-0.4, -0.2) is 47.1 Å². The molecule has 30 heavy (non-hydrogen) atoms. The van der Waals surface area contributed by atoms with E-state index in [0.29, 0.717) is 13.1 Å². The number of fused-ring (bicyclic) bond motifs is 1. The first-order valence-electron chi connectivity index (χ1n) is 10.1. The number of carboxylic acid groups (broad SMARTS) is 1. The Kier molecular flexibility index (Phi) is 7.15. The van der Waals surface area contributed by atoms with Crippen molar-refractivity contribution < 1.29 is 9.90 Å². The molecule has 0 bridgehead atoms. The number of piperazine rings is 1. The molecule has 6 nitrogen and oxygen atoms in total. The van der Waals surface area contributed by atoms with E-state index in [1.165, 1.54) is 5.56 Å². The number of H-pyrrole nitrogens is 1. The van der Waals surface area contributed by atoms with Gasteiger partial charge in [0.15, 0.2) is 0 Å². The van der Waals surface area contributed by atoms with E-state index >= 15 is 0 Å². The Hall–Kier alpha value is -2.38. The maximum Gasteiger partial charge on any atom is 0.325 e. The third-order valence-corrected chi connectivity index (χ3v) is 5.83. The zero-order valence-electron chi connectivity index (χ0n) is 17.1. The van der Waals surface area contributed by atoms with E-state index in [1.54, 1.807) is 0 Å². The van der Waals surface area contributed by atoms with E-state index in [4.69, 9.17) is 5.73 Å². The van der Waals surface area contributed by atoms with E-state index in [-0.39, 0.29) is 18.4 Å². The fraction of sp³-hybridized carbons (Fsp3) is 0.348. The van der Waals surface area contributed by atoms with Crippen LogP contribution in [-0.2, 0) is 11.2 Å². The van der Waals surface area contributed by atoms with Crippen LogP contribution in [0.25, 0.3) is 10.9 Å². The first kappa shape index (κ1) is 22.3. The Morgan fingerprint density at radius 3 is 2.73 bits per heavy atom. The molecule has 0 aliphatic carbocycles. The van der Waals surface area contributed by atoms with Crippen LogP contribution >= 0.6 is 12.4 Å². The van der Waals surface area contributed by atoms with Gasteiger partial charge in [0.1, 0.15) is 6.04 Å². The summed E-state index contributed by atoms with van der Waals surface area (Å²) in [5.41, 5.74) is 11.0. The SMILES string of the molecule is Cc1ccc(C2CNCCN2C(C(=O)O)c2ccc3[nH]cc(CCN)c3c2)cc1.Cl. The zero-order valence-corrected chi connectivity index (χ0v) is 17.9. The number of halogens is 1. The Morgan fingerprint density at radius 2 is 2.03 bits per heavy atom. The third-order valence-electron chi connectivity index (χ3n) is 5.83. The van der Waals surface area contributed by atoms with Gasteiger partial charge < -0.3 is 21.1 Å². The molecule has 1 saturated heterocycles. The largest absolute Gasteiger partial charge is 0.480 e. The summed E-state index contributed by atoms with van der Waals surface area (Å²) in [5.74, 6) is -0.820. The first-order chi connectivity index (χ1) is 14.1. The molecule has 160 valence electrons. The summed E-state index contributed by atoms with van der Waals surface area (Å²) in [7, 11) is 0. The molecule has 1 fully saturated rings. The predicted molar refractivity (Wildman–Crippen MR) is 122 cm³/mol. The number of nitrogens with zero attached hydrogens (tertiary/aromatic N) is 1. The molecule has 0 spiro atoms. The van der Waals surface area contributed by atoms with Crippen LogP contribution in [0.1, 0.15) is 34.3 Å². The number of rotatable bonds is 6. The van der Waals surface area contributed by atoms with Gasteiger partial charge in [-0.1, -0.05) is 35.9 Å². The number of nitrogens with two attached hydrogens (primary N) is 1. The number of carbonyl (C=O) groups is 1. The summed E-state index contributed by atoms with van der Waals surface area (Å²) in [5, 5.41) is 14.7. The summed E-state index contributed by atoms with van der Waals surface area (Å²) in [6.07, 6.45) is 2.73. The number of aromatic amines is 1. The zero-order chi connectivity index (χ0) is 20.4. The lowest BCUT2D eigenvalue weighted by atomic mass is 9.95. The van der Waals surface area contributed by atoms with Crippen molar-refractivity contribution in [2.75, 3.05) is 26.2 Å². The molecular weight excluding hydrogens is 400 g/mol. The number of hydrogen-bond acceptors (Lipinski definition) is 4. The van der Waals surface area contributed by atoms with E-state index in [1.807, 2.05) is 24.4 Å². The average molecular weight is 429 g/mol. The van der Waals surface area contributed by atoms with Crippen molar-refractivity contribution in [3.63, 3.8) is 0 Å². The van der Waals surface area contributed by atoms with Crippen molar-refractivity contribution in [3.05, 3.63) is 70.9 Å².